The van der Waals surface area contributed by atoms with E-state index in [0.29, 0.717) is 22.0 Å². The number of alkyl halides is 3. The van der Waals surface area contributed by atoms with Crippen molar-refractivity contribution in [2.24, 2.45) is 10.1 Å². The van der Waals surface area contributed by atoms with E-state index in [0.717, 1.165) is 23.3 Å². The Labute approximate surface area is 167 Å². The monoisotopic (exact) mass is 407 g/mol. The molecule has 0 saturated carbocycles. The van der Waals surface area contributed by atoms with Gasteiger partial charge < -0.3 is 10.2 Å². The van der Waals surface area contributed by atoms with Gasteiger partial charge in [-0.2, -0.15) is 13.2 Å². The Morgan fingerprint density at radius 2 is 1.86 bits per heavy atom. The van der Waals surface area contributed by atoms with Crippen LogP contribution in [-0.4, -0.2) is 30.5 Å². The zero-order valence-electron chi connectivity index (χ0n) is 15.7. The highest BCUT2D eigenvalue weighted by Gasteiger charge is 2.30. The molecule has 0 heterocycles. The van der Waals surface area contributed by atoms with Gasteiger partial charge in [0.25, 0.3) is 0 Å². The van der Waals surface area contributed by atoms with Crippen molar-refractivity contribution in [2.75, 3.05) is 14.1 Å². The number of thiocarbonyl (C=S) groups is 1. The lowest BCUT2D eigenvalue weighted by Crippen LogP contribution is -2.27. The van der Waals surface area contributed by atoms with E-state index in [2.05, 4.69) is 15.5 Å². The molecule has 0 aliphatic carbocycles. The number of halogens is 3. The van der Waals surface area contributed by atoms with Gasteiger partial charge in [0.15, 0.2) is 0 Å². The van der Waals surface area contributed by atoms with Crippen LogP contribution >= 0.6 is 12.2 Å². The van der Waals surface area contributed by atoms with Crippen molar-refractivity contribution in [3.8, 4) is 0 Å². The van der Waals surface area contributed by atoms with Gasteiger partial charge in [0, 0.05) is 25.2 Å². The maximum absolute atomic E-state index is 12.9. The average molecular weight is 407 g/mol. The first-order valence-corrected chi connectivity index (χ1v) is 8.80. The van der Waals surface area contributed by atoms with Crippen LogP contribution in [0.1, 0.15) is 29.2 Å². The van der Waals surface area contributed by atoms with E-state index in [-0.39, 0.29) is 6.61 Å². The third-order valence-electron chi connectivity index (χ3n) is 3.97. The molecule has 0 spiro atoms. The maximum Gasteiger partial charge on any atom is 0.416 e. The molecule has 4 nitrogen and oxygen atoms in total. The summed E-state index contributed by atoms with van der Waals surface area (Å²) in [6.07, 6.45) is -4.41. The average Bonchev–Trinajstić information content (AvgIpc) is 2.68. The highest BCUT2D eigenvalue weighted by atomic mass is 32.1. The fourth-order valence-corrected chi connectivity index (χ4v) is 2.71. The molecule has 0 fully saturated rings. The van der Waals surface area contributed by atoms with Crippen LogP contribution in [-0.2, 0) is 17.6 Å². The van der Waals surface area contributed by atoms with Crippen molar-refractivity contribution < 1.29 is 18.0 Å². The number of nitrogens with one attached hydrogen (secondary N) is 1. The van der Waals surface area contributed by atoms with Gasteiger partial charge in [-0.1, -0.05) is 53.8 Å². The molecule has 2 rings (SSSR count). The Kier molecular flexibility index (Phi) is 7.28. The molecule has 148 valence electrons. The number of likely N-dealkylation sites (N-methyl/N-ethyl adjacent to an activating group) is 1. The third kappa shape index (κ3) is 5.39. The molecule has 1 N–H and O–H groups in total. The first-order valence-electron chi connectivity index (χ1n) is 8.39. The summed E-state index contributed by atoms with van der Waals surface area (Å²) >= 11 is 5.28. The first kappa shape index (κ1) is 21.6. The molecule has 0 aliphatic rings. The van der Waals surface area contributed by atoms with Gasteiger partial charge in [-0.25, -0.2) is 0 Å². The predicted octanol–water partition coefficient (Wildman–Crippen LogP) is 4.61. The quantitative estimate of drug-likeness (QED) is 0.432. The summed E-state index contributed by atoms with van der Waals surface area (Å²) in [5, 5.41) is 6.86. The van der Waals surface area contributed by atoms with E-state index >= 15 is 0 Å². The van der Waals surface area contributed by atoms with Crippen LogP contribution in [0.3, 0.4) is 0 Å². The molecule has 0 bridgehead atoms. The zero-order valence-corrected chi connectivity index (χ0v) is 16.5. The number of nitrogens with zero attached hydrogens (tertiary/aromatic N) is 2. The Morgan fingerprint density at radius 3 is 2.50 bits per heavy atom. The maximum atomic E-state index is 12.9. The zero-order chi connectivity index (χ0) is 20.7. The van der Waals surface area contributed by atoms with E-state index in [4.69, 9.17) is 17.1 Å². The van der Waals surface area contributed by atoms with E-state index in [1.807, 2.05) is 24.3 Å². The minimum Gasteiger partial charge on any atom is -0.391 e. The lowest BCUT2D eigenvalue weighted by molar-refractivity contribution is -0.137. The number of aliphatic imine (C=N–C) groups is 1. The van der Waals surface area contributed by atoms with Crippen molar-refractivity contribution >= 4 is 28.6 Å². The minimum absolute atomic E-state index is 0.123. The summed E-state index contributed by atoms with van der Waals surface area (Å²) in [5.41, 5.74) is 2.19. The summed E-state index contributed by atoms with van der Waals surface area (Å²) < 4.78 is 38.6. The van der Waals surface area contributed by atoms with Crippen LogP contribution in [0.5, 0.6) is 0 Å². The predicted molar refractivity (Wildman–Crippen MR) is 109 cm³/mol. The second-order valence-electron chi connectivity index (χ2n) is 5.84. The summed E-state index contributed by atoms with van der Waals surface area (Å²) in [7, 11) is 3.36. The van der Waals surface area contributed by atoms with Crippen LogP contribution < -0.4 is 5.32 Å². The van der Waals surface area contributed by atoms with Gasteiger partial charge in [0.2, 0.25) is 0 Å². The molecule has 2 aromatic rings. The highest BCUT2D eigenvalue weighted by Crippen LogP contribution is 2.29. The third-order valence-corrected chi connectivity index (χ3v) is 4.36. The summed E-state index contributed by atoms with van der Waals surface area (Å²) in [6.45, 7) is 1.72. The molecule has 0 aromatic heterocycles. The van der Waals surface area contributed by atoms with Crippen molar-refractivity contribution in [1.29, 1.82) is 0 Å². The highest BCUT2D eigenvalue weighted by molar-refractivity contribution is 7.82. The number of benzene rings is 2. The Hall–Kier alpha value is -2.74. The second kappa shape index (κ2) is 9.45. The van der Waals surface area contributed by atoms with Gasteiger partial charge in [-0.3, -0.25) is 4.99 Å². The normalized spacial score (nSPS) is 12.6. The van der Waals surface area contributed by atoms with Crippen molar-refractivity contribution in [2.45, 2.75) is 19.7 Å². The van der Waals surface area contributed by atoms with E-state index in [1.54, 1.807) is 27.1 Å². The Morgan fingerprint density at radius 1 is 1.14 bits per heavy atom. The fourth-order valence-electron chi connectivity index (χ4n) is 2.51. The number of oxime groups is 1. The van der Waals surface area contributed by atoms with Crippen LogP contribution in [0.4, 0.5) is 13.2 Å². The lowest BCUT2D eigenvalue weighted by Gasteiger charge is -2.12. The molecule has 2 aromatic carbocycles. The van der Waals surface area contributed by atoms with Crippen molar-refractivity contribution in [1.82, 2.24) is 5.32 Å². The Bertz CT molecular complexity index is 908. The molecule has 28 heavy (non-hydrogen) atoms. The molecule has 0 unspecified atom stereocenters. The van der Waals surface area contributed by atoms with Crippen molar-refractivity contribution in [3.05, 3.63) is 70.8 Å². The number of hydrogen-bond acceptors (Lipinski definition) is 4. The molecule has 0 radical (unpaired) electrons. The van der Waals surface area contributed by atoms with Crippen LogP contribution in [0.2, 0.25) is 0 Å². The van der Waals surface area contributed by atoms with Gasteiger partial charge in [0.05, 0.1) is 17.0 Å². The van der Waals surface area contributed by atoms with Gasteiger partial charge in [-0.05, 0) is 24.6 Å². The first-order chi connectivity index (χ1) is 13.3. The molecule has 0 aliphatic heterocycles. The van der Waals surface area contributed by atoms with E-state index in [9.17, 15) is 13.2 Å². The molecule has 0 atom stereocenters. The summed E-state index contributed by atoms with van der Waals surface area (Å²) in [4.78, 5) is 10.1. The van der Waals surface area contributed by atoms with Gasteiger partial charge >= 0.3 is 6.18 Å². The van der Waals surface area contributed by atoms with Gasteiger partial charge in [0.1, 0.15) is 11.6 Å². The molecule has 0 amide bonds. The molecule has 8 heteroatoms. The summed E-state index contributed by atoms with van der Waals surface area (Å²) in [5.74, 6) is 0. The smallest absolute Gasteiger partial charge is 0.391 e. The van der Waals surface area contributed by atoms with E-state index in [1.165, 1.54) is 6.07 Å². The second-order valence-corrected chi connectivity index (χ2v) is 6.25. The SMILES string of the molecule is CN=C(C(=S)NC)c1ccccc1CO/N=C(\C)c1cccc(C(F)(F)F)c1. The largest absolute Gasteiger partial charge is 0.416 e. The minimum atomic E-state index is -4.41. The lowest BCUT2D eigenvalue weighted by atomic mass is 10.0. The van der Waals surface area contributed by atoms with Crippen LogP contribution in [0.25, 0.3) is 0 Å². The van der Waals surface area contributed by atoms with Crippen LogP contribution in [0, 0.1) is 0 Å². The molecular weight excluding hydrogens is 387 g/mol. The molecule has 0 saturated heterocycles. The van der Waals surface area contributed by atoms with Gasteiger partial charge in [-0.15, -0.1) is 0 Å². The van der Waals surface area contributed by atoms with E-state index < -0.39 is 11.7 Å². The standard InChI is InChI=1S/C20H20F3N3OS/c1-13(14-8-6-9-16(11-14)20(21,22)23)26-27-12-15-7-4-5-10-17(15)18(24-2)19(28)25-3/h4-11H,12H2,1-3H3,(H,25,28)/b24-18?,26-13+. The van der Waals surface area contributed by atoms with Crippen LogP contribution in [0.15, 0.2) is 58.7 Å². The number of rotatable bonds is 6. The Balaban J connectivity index is 2.18. The fraction of sp³-hybridized carbons (Fsp3) is 0.250. The number of hydrogen-bond donors (Lipinski definition) is 1. The topological polar surface area (TPSA) is 46.0 Å². The van der Waals surface area contributed by atoms with Crippen molar-refractivity contribution in [3.63, 3.8) is 0 Å². The summed E-state index contributed by atoms with van der Waals surface area (Å²) in [6, 6.07) is 12.4. The molecular formula is C20H20F3N3OS.